The second-order valence-corrected chi connectivity index (χ2v) is 6.21. The van der Waals surface area contributed by atoms with Crippen molar-refractivity contribution < 1.29 is 9.59 Å². The van der Waals surface area contributed by atoms with Crippen LogP contribution in [0.5, 0.6) is 0 Å². The van der Waals surface area contributed by atoms with Crippen LogP contribution in [0, 0.1) is 6.92 Å². The van der Waals surface area contributed by atoms with E-state index in [0.29, 0.717) is 6.42 Å². The summed E-state index contributed by atoms with van der Waals surface area (Å²) in [6.07, 6.45) is 5.35. The molecule has 0 spiro atoms. The van der Waals surface area contributed by atoms with Gasteiger partial charge in [0.05, 0.1) is 0 Å². The molecule has 1 heterocycles. The van der Waals surface area contributed by atoms with E-state index in [0.717, 1.165) is 49.9 Å². The van der Waals surface area contributed by atoms with E-state index in [2.05, 4.69) is 5.32 Å². The first-order valence-corrected chi connectivity index (χ1v) is 7.80. The van der Waals surface area contributed by atoms with Crippen molar-refractivity contribution in [2.45, 2.75) is 51.0 Å². The van der Waals surface area contributed by atoms with Crippen molar-refractivity contribution in [3.8, 4) is 0 Å². The summed E-state index contributed by atoms with van der Waals surface area (Å²) in [6.45, 7) is 2.73. The molecule has 1 aliphatic carbocycles. The summed E-state index contributed by atoms with van der Waals surface area (Å²) in [5.74, 6) is 0.108. The highest BCUT2D eigenvalue weighted by Crippen LogP contribution is 2.38. The summed E-state index contributed by atoms with van der Waals surface area (Å²) in [5.41, 5.74) is 1.32. The van der Waals surface area contributed by atoms with Crippen molar-refractivity contribution in [1.82, 2.24) is 4.90 Å². The summed E-state index contributed by atoms with van der Waals surface area (Å²) in [7, 11) is 0. The van der Waals surface area contributed by atoms with Crippen LogP contribution >= 0.6 is 0 Å². The average molecular weight is 286 g/mol. The van der Waals surface area contributed by atoms with Gasteiger partial charge in [0.2, 0.25) is 11.8 Å². The minimum absolute atomic E-state index is 0.0131. The van der Waals surface area contributed by atoms with Crippen molar-refractivity contribution in [3.05, 3.63) is 29.8 Å². The van der Waals surface area contributed by atoms with Gasteiger partial charge in [-0.15, -0.1) is 0 Å². The molecule has 1 aromatic carbocycles. The molecule has 2 fully saturated rings. The van der Waals surface area contributed by atoms with E-state index in [4.69, 9.17) is 0 Å². The summed E-state index contributed by atoms with van der Waals surface area (Å²) < 4.78 is 0. The van der Waals surface area contributed by atoms with Crippen molar-refractivity contribution >= 4 is 17.5 Å². The van der Waals surface area contributed by atoms with Crippen LogP contribution in [0.1, 0.15) is 44.1 Å². The Labute approximate surface area is 125 Å². The Kier molecular flexibility index (Phi) is 3.70. The summed E-state index contributed by atoms with van der Waals surface area (Å²) in [6, 6.07) is 7.81. The molecule has 0 aromatic heterocycles. The number of rotatable bonds is 3. The largest absolute Gasteiger partial charge is 0.327 e. The lowest BCUT2D eigenvalue weighted by atomic mass is 9.77. The van der Waals surface area contributed by atoms with Crippen LogP contribution in [0.2, 0.25) is 0 Å². The van der Waals surface area contributed by atoms with Gasteiger partial charge in [-0.05, 0) is 37.5 Å². The molecule has 4 heteroatoms. The molecule has 112 valence electrons. The van der Waals surface area contributed by atoms with Crippen LogP contribution < -0.4 is 5.32 Å². The smallest absolute Gasteiger partial charge is 0.250 e. The molecule has 1 aliphatic heterocycles. The van der Waals surface area contributed by atoms with Crippen LogP contribution in [0.3, 0.4) is 0 Å². The molecule has 1 N–H and O–H groups in total. The topological polar surface area (TPSA) is 49.4 Å². The van der Waals surface area contributed by atoms with E-state index in [1.165, 1.54) is 0 Å². The maximum absolute atomic E-state index is 12.9. The van der Waals surface area contributed by atoms with Crippen LogP contribution in [0.15, 0.2) is 24.3 Å². The van der Waals surface area contributed by atoms with E-state index in [1.807, 2.05) is 31.2 Å². The van der Waals surface area contributed by atoms with Gasteiger partial charge in [-0.2, -0.15) is 0 Å². The number of likely N-dealkylation sites (tertiary alicyclic amines) is 1. The number of hydrogen-bond donors (Lipinski definition) is 1. The molecule has 4 nitrogen and oxygen atoms in total. The fraction of sp³-hybridized carbons (Fsp3) is 0.529. The Morgan fingerprint density at radius 3 is 2.57 bits per heavy atom. The fourth-order valence-corrected chi connectivity index (χ4v) is 3.49. The minimum Gasteiger partial charge on any atom is -0.327 e. The molecule has 2 aliphatic rings. The lowest BCUT2D eigenvalue weighted by Crippen LogP contribution is -2.64. The van der Waals surface area contributed by atoms with Gasteiger partial charge in [0.15, 0.2) is 0 Å². The van der Waals surface area contributed by atoms with Gasteiger partial charge in [-0.3, -0.25) is 9.59 Å². The molecule has 21 heavy (non-hydrogen) atoms. The second-order valence-electron chi connectivity index (χ2n) is 6.21. The first kappa shape index (κ1) is 14.1. The van der Waals surface area contributed by atoms with Crippen LogP contribution in [-0.2, 0) is 9.59 Å². The predicted molar refractivity (Wildman–Crippen MR) is 82.0 cm³/mol. The van der Waals surface area contributed by atoms with Crippen LogP contribution in [-0.4, -0.2) is 28.8 Å². The molecular formula is C17H22N2O2. The number of amides is 2. The van der Waals surface area contributed by atoms with Gasteiger partial charge in [-0.1, -0.05) is 31.4 Å². The number of β-lactam (4-membered cyclic amide) rings is 1. The number of anilines is 1. The van der Waals surface area contributed by atoms with Crippen LogP contribution in [0.4, 0.5) is 5.69 Å². The third-order valence-corrected chi connectivity index (χ3v) is 4.75. The average Bonchev–Trinajstić information content (AvgIpc) is 2.46. The van der Waals surface area contributed by atoms with E-state index in [1.54, 1.807) is 4.90 Å². The number of nitrogens with zero attached hydrogens (tertiary/aromatic N) is 1. The summed E-state index contributed by atoms with van der Waals surface area (Å²) in [4.78, 5) is 26.6. The molecule has 1 aromatic rings. The molecule has 0 atom stereocenters. The summed E-state index contributed by atoms with van der Waals surface area (Å²) >= 11 is 0. The number of carbonyl (C=O) groups excluding carboxylic acids is 2. The van der Waals surface area contributed by atoms with E-state index < -0.39 is 5.54 Å². The summed E-state index contributed by atoms with van der Waals surface area (Å²) in [5, 5.41) is 3.03. The molecule has 3 rings (SSSR count). The van der Waals surface area contributed by atoms with E-state index >= 15 is 0 Å². The first-order chi connectivity index (χ1) is 10.1. The Hall–Kier alpha value is -1.84. The highest BCUT2D eigenvalue weighted by atomic mass is 16.2. The second kappa shape index (κ2) is 5.51. The minimum atomic E-state index is -0.614. The Bertz CT molecular complexity index is 562. The molecule has 1 saturated carbocycles. The van der Waals surface area contributed by atoms with Gasteiger partial charge >= 0.3 is 0 Å². The third-order valence-electron chi connectivity index (χ3n) is 4.75. The number of nitrogens with one attached hydrogen (secondary N) is 1. The molecule has 0 radical (unpaired) electrons. The monoisotopic (exact) mass is 286 g/mol. The standard InChI is InChI=1S/C17H22N2O2/c1-13-6-5-7-14(12-13)18-16(21)17(9-3-2-4-10-17)19-11-8-15(19)20/h5-7,12H,2-4,8-11H2,1H3,(H,18,21). The number of aryl methyl sites for hydroxylation is 1. The Morgan fingerprint density at radius 1 is 1.24 bits per heavy atom. The zero-order valence-electron chi connectivity index (χ0n) is 12.5. The molecule has 0 bridgehead atoms. The Balaban J connectivity index is 1.82. The molecular weight excluding hydrogens is 264 g/mol. The Morgan fingerprint density at radius 2 is 2.00 bits per heavy atom. The molecule has 1 saturated heterocycles. The van der Waals surface area contributed by atoms with Gasteiger partial charge < -0.3 is 10.2 Å². The van der Waals surface area contributed by atoms with Crippen molar-refractivity contribution in [1.29, 1.82) is 0 Å². The van der Waals surface area contributed by atoms with Crippen LogP contribution in [0.25, 0.3) is 0 Å². The lowest BCUT2D eigenvalue weighted by molar-refractivity contribution is -0.157. The molecule has 2 amide bonds. The first-order valence-electron chi connectivity index (χ1n) is 7.80. The highest BCUT2D eigenvalue weighted by molar-refractivity contribution is 6.01. The van der Waals surface area contributed by atoms with Gasteiger partial charge in [0.1, 0.15) is 5.54 Å². The number of benzene rings is 1. The zero-order chi connectivity index (χ0) is 14.9. The predicted octanol–water partition coefficient (Wildman–Crippen LogP) is 2.87. The maximum Gasteiger partial charge on any atom is 0.250 e. The van der Waals surface area contributed by atoms with Gasteiger partial charge in [-0.25, -0.2) is 0 Å². The van der Waals surface area contributed by atoms with Gasteiger partial charge in [0, 0.05) is 18.7 Å². The van der Waals surface area contributed by atoms with E-state index in [9.17, 15) is 9.59 Å². The van der Waals surface area contributed by atoms with Crippen molar-refractivity contribution in [2.75, 3.05) is 11.9 Å². The number of carbonyl (C=O) groups is 2. The van der Waals surface area contributed by atoms with Crippen molar-refractivity contribution in [2.24, 2.45) is 0 Å². The zero-order valence-corrected chi connectivity index (χ0v) is 12.5. The van der Waals surface area contributed by atoms with Crippen molar-refractivity contribution in [3.63, 3.8) is 0 Å². The highest BCUT2D eigenvalue weighted by Gasteiger charge is 2.49. The normalized spacial score (nSPS) is 20.8. The fourth-order valence-electron chi connectivity index (χ4n) is 3.49. The lowest BCUT2D eigenvalue weighted by Gasteiger charge is -2.49. The number of hydrogen-bond acceptors (Lipinski definition) is 2. The SMILES string of the molecule is Cc1cccc(NC(=O)C2(N3CCC3=O)CCCCC2)c1. The van der Waals surface area contributed by atoms with E-state index in [-0.39, 0.29) is 11.8 Å². The maximum atomic E-state index is 12.9. The van der Waals surface area contributed by atoms with Gasteiger partial charge in [0.25, 0.3) is 0 Å². The molecule has 0 unspecified atom stereocenters. The quantitative estimate of drug-likeness (QED) is 0.869. The third kappa shape index (κ3) is 2.55.